The first-order chi connectivity index (χ1) is 12.3. The van der Waals surface area contributed by atoms with Crippen LogP contribution in [-0.2, 0) is 0 Å². The lowest BCUT2D eigenvalue weighted by atomic mass is 10.2. The summed E-state index contributed by atoms with van der Waals surface area (Å²) in [4.78, 5) is 9.23. The fourth-order valence-electron chi connectivity index (χ4n) is 3.11. The molecule has 1 aliphatic rings. The van der Waals surface area contributed by atoms with Gasteiger partial charge in [0.1, 0.15) is 11.6 Å². The molecule has 0 bridgehead atoms. The predicted molar refractivity (Wildman–Crippen MR) is 94.6 cm³/mol. The van der Waals surface area contributed by atoms with Gasteiger partial charge in [0.15, 0.2) is 5.65 Å². The number of anilines is 2. The van der Waals surface area contributed by atoms with E-state index in [0.717, 1.165) is 44.4 Å². The summed E-state index contributed by atoms with van der Waals surface area (Å²) in [5.74, 6) is 1.84. The molecule has 4 rings (SSSR count). The van der Waals surface area contributed by atoms with Gasteiger partial charge in [-0.1, -0.05) is 6.07 Å². The van der Waals surface area contributed by atoms with Crippen LogP contribution >= 0.6 is 0 Å². The highest BCUT2D eigenvalue weighted by Gasteiger charge is 2.19. The Morgan fingerprint density at radius 2 is 2.00 bits per heavy atom. The van der Waals surface area contributed by atoms with Crippen molar-refractivity contribution >= 4 is 17.3 Å². The van der Waals surface area contributed by atoms with Crippen LogP contribution in [0.5, 0.6) is 0 Å². The fraction of sp³-hybridized carbons (Fsp3) is 0.438. The van der Waals surface area contributed by atoms with E-state index in [-0.39, 0.29) is 6.04 Å². The number of pyridine rings is 1. The second-order valence-corrected chi connectivity index (χ2v) is 6.27. The van der Waals surface area contributed by atoms with Crippen LogP contribution in [0.25, 0.3) is 5.65 Å². The third-order valence-corrected chi connectivity index (χ3v) is 4.34. The maximum Gasteiger partial charge on any atom is 0.200 e. The van der Waals surface area contributed by atoms with Gasteiger partial charge in [-0.15, -0.1) is 14.8 Å². The highest BCUT2D eigenvalue weighted by Crippen LogP contribution is 2.13. The molecule has 9 nitrogen and oxygen atoms in total. The number of nitrogens with one attached hydrogen (secondary N) is 1. The normalized spacial score (nSPS) is 16.9. The zero-order valence-corrected chi connectivity index (χ0v) is 14.2. The second kappa shape index (κ2) is 6.98. The number of hydrogen-bond acceptors (Lipinski definition) is 8. The maximum atomic E-state index is 4.43. The Morgan fingerprint density at radius 3 is 2.80 bits per heavy atom. The van der Waals surface area contributed by atoms with E-state index in [1.54, 1.807) is 0 Å². The molecule has 1 aliphatic heterocycles. The molecule has 3 aromatic rings. The molecule has 0 radical (unpaired) electrons. The van der Waals surface area contributed by atoms with E-state index in [0.29, 0.717) is 5.65 Å². The third-order valence-electron chi connectivity index (χ3n) is 4.34. The van der Waals surface area contributed by atoms with E-state index < -0.39 is 0 Å². The molecule has 1 saturated heterocycles. The minimum atomic E-state index is 0.280. The molecule has 0 amide bonds. The quantitative estimate of drug-likeness (QED) is 0.721. The number of rotatable bonds is 5. The van der Waals surface area contributed by atoms with Gasteiger partial charge in [0.25, 0.3) is 0 Å². The van der Waals surface area contributed by atoms with Crippen molar-refractivity contribution in [2.24, 2.45) is 0 Å². The summed E-state index contributed by atoms with van der Waals surface area (Å²) in [5.41, 5.74) is 0.642. The van der Waals surface area contributed by atoms with E-state index in [2.05, 4.69) is 53.7 Å². The number of tetrazole rings is 1. The van der Waals surface area contributed by atoms with Crippen LogP contribution in [0.3, 0.4) is 0 Å². The van der Waals surface area contributed by atoms with Crippen molar-refractivity contribution < 1.29 is 0 Å². The Labute approximate surface area is 145 Å². The number of piperazine rings is 1. The number of fused-ring (bicyclic) bond motifs is 1. The summed E-state index contributed by atoms with van der Waals surface area (Å²) in [7, 11) is 0. The van der Waals surface area contributed by atoms with E-state index >= 15 is 0 Å². The molecule has 4 heterocycles. The van der Waals surface area contributed by atoms with E-state index in [1.165, 1.54) is 4.63 Å². The summed E-state index contributed by atoms with van der Waals surface area (Å²) in [6.07, 6.45) is 1.85. The topological polar surface area (TPSA) is 87.4 Å². The van der Waals surface area contributed by atoms with Crippen molar-refractivity contribution in [2.45, 2.75) is 13.0 Å². The summed E-state index contributed by atoms with van der Waals surface area (Å²) < 4.78 is 1.43. The van der Waals surface area contributed by atoms with Crippen molar-refractivity contribution in [1.82, 2.24) is 35.1 Å². The molecule has 0 aromatic carbocycles. The number of nitrogens with zero attached hydrogens (tertiary/aromatic N) is 8. The lowest BCUT2D eigenvalue weighted by Gasteiger charge is -2.36. The number of aromatic nitrogens is 6. The molecular weight excluding hydrogens is 318 g/mol. The van der Waals surface area contributed by atoms with Gasteiger partial charge >= 0.3 is 0 Å². The molecule has 130 valence electrons. The highest BCUT2D eigenvalue weighted by atomic mass is 15.6. The Morgan fingerprint density at radius 1 is 1.12 bits per heavy atom. The molecule has 3 aromatic heterocycles. The Hall–Kier alpha value is -2.81. The van der Waals surface area contributed by atoms with Crippen molar-refractivity contribution in [3.63, 3.8) is 0 Å². The number of hydrogen-bond donors (Lipinski definition) is 1. The SMILES string of the molecule is C[C@@H](CN1CCN(c2ccccn2)CC1)Nc1ccc2nnnn2n1. The first-order valence-corrected chi connectivity index (χ1v) is 8.48. The first-order valence-electron chi connectivity index (χ1n) is 8.48. The smallest absolute Gasteiger partial charge is 0.200 e. The Balaban J connectivity index is 1.29. The minimum Gasteiger partial charge on any atom is -0.365 e. The third kappa shape index (κ3) is 3.66. The van der Waals surface area contributed by atoms with Crippen molar-refractivity contribution in [1.29, 1.82) is 0 Å². The van der Waals surface area contributed by atoms with Crippen LogP contribution in [0.15, 0.2) is 36.5 Å². The molecule has 1 N–H and O–H groups in total. The van der Waals surface area contributed by atoms with Crippen LogP contribution in [0.4, 0.5) is 11.6 Å². The van der Waals surface area contributed by atoms with Gasteiger partial charge < -0.3 is 10.2 Å². The van der Waals surface area contributed by atoms with Gasteiger partial charge in [0, 0.05) is 45.0 Å². The summed E-state index contributed by atoms with van der Waals surface area (Å²) in [6, 6.07) is 10.1. The predicted octanol–water partition coefficient (Wildman–Crippen LogP) is 0.537. The summed E-state index contributed by atoms with van der Waals surface area (Å²) >= 11 is 0. The van der Waals surface area contributed by atoms with Gasteiger partial charge in [-0.3, -0.25) is 4.90 Å². The molecule has 9 heteroatoms. The Bertz CT molecular complexity index is 811. The molecule has 25 heavy (non-hydrogen) atoms. The summed E-state index contributed by atoms with van der Waals surface area (Å²) in [6.45, 7) is 7.18. The molecule has 0 unspecified atom stereocenters. The van der Waals surface area contributed by atoms with Gasteiger partial charge in [-0.2, -0.15) is 0 Å². The zero-order valence-electron chi connectivity index (χ0n) is 14.2. The van der Waals surface area contributed by atoms with E-state index in [1.807, 2.05) is 30.5 Å². The van der Waals surface area contributed by atoms with Gasteiger partial charge in [0.2, 0.25) is 0 Å². The molecular formula is C16H21N9. The average molecular weight is 339 g/mol. The average Bonchev–Trinajstić information content (AvgIpc) is 3.11. The maximum absolute atomic E-state index is 4.43. The van der Waals surface area contributed by atoms with Crippen LogP contribution < -0.4 is 10.2 Å². The molecule has 1 fully saturated rings. The lowest BCUT2D eigenvalue weighted by molar-refractivity contribution is 0.250. The van der Waals surface area contributed by atoms with E-state index in [4.69, 9.17) is 0 Å². The lowest BCUT2D eigenvalue weighted by Crippen LogP contribution is -2.49. The Kier molecular flexibility index (Phi) is 4.38. The largest absolute Gasteiger partial charge is 0.365 e. The monoisotopic (exact) mass is 339 g/mol. The first kappa shape index (κ1) is 15.7. The van der Waals surface area contributed by atoms with Crippen LogP contribution in [0.1, 0.15) is 6.92 Å². The van der Waals surface area contributed by atoms with Gasteiger partial charge in [-0.25, -0.2) is 4.98 Å². The highest BCUT2D eigenvalue weighted by molar-refractivity contribution is 5.42. The second-order valence-electron chi connectivity index (χ2n) is 6.27. The molecule has 0 saturated carbocycles. The fourth-order valence-corrected chi connectivity index (χ4v) is 3.11. The van der Waals surface area contributed by atoms with E-state index in [9.17, 15) is 0 Å². The van der Waals surface area contributed by atoms with Crippen LogP contribution in [-0.4, -0.2) is 73.9 Å². The zero-order chi connectivity index (χ0) is 17.1. The van der Waals surface area contributed by atoms with Crippen molar-refractivity contribution in [3.05, 3.63) is 36.5 Å². The minimum absolute atomic E-state index is 0.280. The van der Waals surface area contributed by atoms with Crippen LogP contribution in [0, 0.1) is 0 Å². The summed E-state index contributed by atoms with van der Waals surface area (Å²) in [5, 5.41) is 19.1. The standard InChI is InChI=1S/C16H21N9/c1-13(18-14-5-6-16-19-21-22-25(16)20-14)12-23-8-10-24(11-9-23)15-4-2-3-7-17-15/h2-7,13H,8-12H2,1H3,(H,18,20)/t13-/m0/s1. The van der Waals surface area contributed by atoms with Crippen LogP contribution in [0.2, 0.25) is 0 Å². The molecule has 0 spiro atoms. The molecule has 0 aliphatic carbocycles. The molecule has 1 atom stereocenters. The van der Waals surface area contributed by atoms with Gasteiger partial charge in [-0.05, 0) is 41.6 Å². The van der Waals surface area contributed by atoms with Crippen molar-refractivity contribution in [3.8, 4) is 0 Å². The van der Waals surface area contributed by atoms with Crippen molar-refractivity contribution in [2.75, 3.05) is 42.9 Å². The van der Waals surface area contributed by atoms with Gasteiger partial charge in [0.05, 0.1) is 0 Å².